The molecule has 134 valence electrons. The number of Topliss-reactive ketones (excluding diaryl/α,β-unsaturated/α-hetero) is 1. The maximum Gasteiger partial charge on any atom is 0.232 e. The molecule has 5 heteroatoms. The van der Waals surface area contributed by atoms with Crippen molar-refractivity contribution in [1.82, 2.24) is 4.90 Å². The smallest absolute Gasteiger partial charge is 0.232 e. The summed E-state index contributed by atoms with van der Waals surface area (Å²) in [4.78, 5) is 15.0. The number of rotatable bonds is 2. The van der Waals surface area contributed by atoms with Gasteiger partial charge in [0, 0.05) is 12.6 Å². The van der Waals surface area contributed by atoms with Gasteiger partial charge in [-0.05, 0) is 56.2 Å². The van der Waals surface area contributed by atoms with Gasteiger partial charge in [0.25, 0.3) is 0 Å². The Labute approximate surface area is 151 Å². The van der Waals surface area contributed by atoms with E-state index in [1.54, 1.807) is 18.2 Å². The predicted octanol–water partition coefficient (Wildman–Crippen LogP) is 4.31. The summed E-state index contributed by atoms with van der Waals surface area (Å²) in [5.41, 5.74) is 3.05. The standard InChI is InChI=1S/C21H20FNO3/c1-12(2)23-10-16-17(25-11-23)8-13(3)19-20(24)18(26-21(16)19)9-14-4-6-15(22)7-5-14/h4-9,12H,10-11H2,1-3H3/b18-9-. The number of ether oxygens (including phenoxy) is 2. The lowest BCUT2D eigenvalue weighted by atomic mass is 9.98. The van der Waals surface area contributed by atoms with E-state index in [4.69, 9.17) is 9.47 Å². The van der Waals surface area contributed by atoms with Crippen molar-refractivity contribution in [2.75, 3.05) is 6.73 Å². The van der Waals surface area contributed by atoms with Gasteiger partial charge in [0.1, 0.15) is 24.0 Å². The van der Waals surface area contributed by atoms with Gasteiger partial charge in [-0.15, -0.1) is 0 Å². The third-order valence-electron chi connectivity index (χ3n) is 4.85. The Morgan fingerprint density at radius 1 is 1.23 bits per heavy atom. The fourth-order valence-corrected chi connectivity index (χ4v) is 3.29. The van der Waals surface area contributed by atoms with Crippen LogP contribution in [0.5, 0.6) is 11.5 Å². The summed E-state index contributed by atoms with van der Waals surface area (Å²) in [6.07, 6.45) is 1.65. The maximum absolute atomic E-state index is 13.1. The molecule has 0 N–H and O–H groups in total. The highest BCUT2D eigenvalue weighted by Gasteiger charge is 2.35. The number of fused-ring (bicyclic) bond motifs is 3. The van der Waals surface area contributed by atoms with Crippen LogP contribution >= 0.6 is 0 Å². The maximum atomic E-state index is 13.1. The molecule has 2 aliphatic heterocycles. The molecule has 0 amide bonds. The number of aryl methyl sites for hydroxylation is 1. The molecule has 2 aliphatic rings. The van der Waals surface area contributed by atoms with Gasteiger partial charge in [0.15, 0.2) is 5.76 Å². The van der Waals surface area contributed by atoms with Gasteiger partial charge in [-0.25, -0.2) is 4.39 Å². The molecule has 0 aliphatic carbocycles. The van der Waals surface area contributed by atoms with E-state index >= 15 is 0 Å². The van der Waals surface area contributed by atoms with Crippen LogP contribution in [-0.2, 0) is 6.54 Å². The zero-order valence-corrected chi connectivity index (χ0v) is 15.0. The van der Waals surface area contributed by atoms with Crippen molar-refractivity contribution >= 4 is 11.9 Å². The zero-order valence-electron chi connectivity index (χ0n) is 15.0. The zero-order chi connectivity index (χ0) is 18.4. The third-order valence-corrected chi connectivity index (χ3v) is 4.85. The number of benzene rings is 2. The Kier molecular flexibility index (Phi) is 4.04. The van der Waals surface area contributed by atoms with E-state index in [9.17, 15) is 9.18 Å². The Bertz CT molecular complexity index is 916. The minimum Gasteiger partial charge on any atom is -0.478 e. The molecule has 4 rings (SSSR count). The average Bonchev–Trinajstić information content (AvgIpc) is 2.94. The fraction of sp³-hybridized carbons (Fsp3) is 0.286. The number of allylic oxidation sites excluding steroid dienone is 1. The second kappa shape index (κ2) is 6.25. The van der Waals surface area contributed by atoms with Crippen molar-refractivity contribution in [2.24, 2.45) is 0 Å². The molecular formula is C21H20FNO3. The molecule has 0 fully saturated rings. The van der Waals surface area contributed by atoms with Gasteiger partial charge < -0.3 is 9.47 Å². The highest BCUT2D eigenvalue weighted by molar-refractivity contribution is 6.15. The molecule has 4 nitrogen and oxygen atoms in total. The van der Waals surface area contributed by atoms with Crippen molar-refractivity contribution in [3.05, 3.63) is 64.2 Å². The van der Waals surface area contributed by atoms with Gasteiger partial charge in [-0.3, -0.25) is 9.69 Å². The van der Waals surface area contributed by atoms with Crippen molar-refractivity contribution < 1.29 is 18.7 Å². The van der Waals surface area contributed by atoms with Crippen LogP contribution in [0.4, 0.5) is 4.39 Å². The van der Waals surface area contributed by atoms with Crippen LogP contribution in [0, 0.1) is 12.7 Å². The molecule has 2 aromatic rings. The summed E-state index contributed by atoms with van der Waals surface area (Å²) in [6.45, 7) is 7.30. The van der Waals surface area contributed by atoms with E-state index in [0.29, 0.717) is 36.2 Å². The summed E-state index contributed by atoms with van der Waals surface area (Å²) in [5.74, 6) is 1.15. The quantitative estimate of drug-likeness (QED) is 0.754. The number of halogens is 1. The molecule has 2 aromatic carbocycles. The number of nitrogens with zero attached hydrogens (tertiary/aromatic N) is 1. The summed E-state index contributed by atoms with van der Waals surface area (Å²) >= 11 is 0. The van der Waals surface area contributed by atoms with Crippen molar-refractivity contribution in [3.8, 4) is 11.5 Å². The largest absolute Gasteiger partial charge is 0.478 e. The van der Waals surface area contributed by atoms with Gasteiger partial charge in [-0.2, -0.15) is 0 Å². The number of carbonyl (C=O) groups excluding carboxylic acids is 1. The summed E-state index contributed by atoms with van der Waals surface area (Å²) in [5, 5.41) is 0. The first-order valence-electron chi connectivity index (χ1n) is 8.67. The minimum atomic E-state index is -0.315. The van der Waals surface area contributed by atoms with Crippen molar-refractivity contribution in [3.63, 3.8) is 0 Å². The lowest BCUT2D eigenvalue weighted by Crippen LogP contribution is -2.37. The first kappa shape index (κ1) is 16.8. The van der Waals surface area contributed by atoms with Crippen molar-refractivity contribution in [2.45, 2.75) is 33.4 Å². The Morgan fingerprint density at radius 2 is 1.96 bits per heavy atom. The molecule has 0 saturated carbocycles. The molecule has 0 spiro atoms. The first-order valence-corrected chi connectivity index (χ1v) is 8.67. The fourth-order valence-electron chi connectivity index (χ4n) is 3.29. The summed E-state index contributed by atoms with van der Waals surface area (Å²) in [6, 6.07) is 8.20. The predicted molar refractivity (Wildman–Crippen MR) is 96.7 cm³/mol. The Hall–Kier alpha value is -2.66. The van der Waals surface area contributed by atoms with Crippen LogP contribution in [0.1, 0.15) is 40.9 Å². The number of carbonyl (C=O) groups is 1. The normalized spacial score (nSPS) is 17.9. The van der Waals surface area contributed by atoms with E-state index in [1.807, 2.05) is 13.0 Å². The second-order valence-corrected chi connectivity index (χ2v) is 6.98. The van der Waals surface area contributed by atoms with E-state index in [2.05, 4.69) is 18.7 Å². The van der Waals surface area contributed by atoms with Crippen LogP contribution in [0.2, 0.25) is 0 Å². The SMILES string of the molecule is Cc1cc2c(c3c1C(=O)/C(=C/c1ccc(F)cc1)O3)CN(C(C)C)CO2. The van der Waals surface area contributed by atoms with Gasteiger partial charge in [0.05, 0.1) is 11.1 Å². The molecule has 26 heavy (non-hydrogen) atoms. The second-order valence-electron chi connectivity index (χ2n) is 6.98. The van der Waals surface area contributed by atoms with E-state index in [1.165, 1.54) is 12.1 Å². The van der Waals surface area contributed by atoms with E-state index < -0.39 is 0 Å². The van der Waals surface area contributed by atoms with E-state index in [-0.39, 0.29) is 17.4 Å². The molecule has 0 saturated heterocycles. The van der Waals surface area contributed by atoms with Crippen LogP contribution in [0.25, 0.3) is 6.08 Å². The Morgan fingerprint density at radius 3 is 2.65 bits per heavy atom. The molecule has 0 aromatic heterocycles. The van der Waals surface area contributed by atoms with Crippen LogP contribution in [0.3, 0.4) is 0 Å². The minimum absolute atomic E-state index is 0.147. The number of ketones is 1. The van der Waals surface area contributed by atoms with Gasteiger partial charge in [0.2, 0.25) is 5.78 Å². The van der Waals surface area contributed by atoms with E-state index in [0.717, 1.165) is 16.9 Å². The monoisotopic (exact) mass is 353 g/mol. The highest BCUT2D eigenvalue weighted by Crippen LogP contribution is 2.44. The first-order chi connectivity index (χ1) is 12.4. The van der Waals surface area contributed by atoms with Crippen LogP contribution in [-0.4, -0.2) is 23.5 Å². The molecule has 0 atom stereocenters. The highest BCUT2D eigenvalue weighted by atomic mass is 19.1. The summed E-state index contributed by atoms with van der Waals surface area (Å²) < 4.78 is 24.9. The molecule has 2 heterocycles. The molecule has 0 radical (unpaired) electrons. The topological polar surface area (TPSA) is 38.8 Å². The van der Waals surface area contributed by atoms with Gasteiger partial charge in [-0.1, -0.05) is 12.1 Å². The summed E-state index contributed by atoms with van der Waals surface area (Å²) in [7, 11) is 0. The third kappa shape index (κ3) is 2.78. The average molecular weight is 353 g/mol. The lowest BCUT2D eigenvalue weighted by Gasteiger charge is -2.32. The number of hydrogen-bond acceptors (Lipinski definition) is 4. The molecule has 0 unspecified atom stereocenters. The Balaban J connectivity index is 1.75. The number of hydrogen-bond donors (Lipinski definition) is 0. The van der Waals surface area contributed by atoms with Crippen molar-refractivity contribution in [1.29, 1.82) is 0 Å². The lowest BCUT2D eigenvalue weighted by molar-refractivity contribution is 0.0673. The molecular weight excluding hydrogens is 333 g/mol. The van der Waals surface area contributed by atoms with Crippen LogP contribution < -0.4 is 9.47 Å². The van der Waals surface area contributed by atoms with Gasteiger partial charge >= 0.3 is 0 Å². The molecule has 0 bridgehead atoms. The van der Waals surface area contributed by atoms with Crippen LogP contribution in [0.15, 0.2) is 36.1 Å².